The second-order valence-corrected chi connectivity index (χ2v) is 4.14. The number of rotatable bonds is 6. The van der Waals surface area contributed by atoms with E-state index in [1.165, 1.54) is 18.9 Å². The van der Waals surface area contributed by atoms with Gasteiger partial charge in [-0.15, -0.1) is 5.10 Å². The van der Waals surface area contributed by atoms with Gasteiger partial charge < -0.3 is 15.2 Å². The Hall–Kier alpha value is -2.41. The second kappa shape index (κ2) is 6.16. The summed E-state index contributed by atoms with van der Waals surface area (Å²) in [6.45, 7) is 0.379. The summed E-state index contributed by atoms with van der Waals surface area (Å²) in [5, 5.41) is 7.68. The summed E-state index contributed by atoms with van der Waals surface area (Å²) in [6, 6.07) is 5.02. The van der Waals surface area contributed by atoms with Crippen LogP contribution >= 0.6 is 0 Å². The molecule has 106 valence electrons. The van der Waals surface area contributed by atoms with Gasteiger partial charge in [0.2, 0.25) is 0 Å². The van der Waals surface area contributed by atoms with Crippen LogP contribution in [-0.4, -0.2) is 35.0 Å². The Balaban J connectivity index is 2.19. The Kier molecular flexibility index (Phi) is 4.31. The van der Waals surface area contributed by atoms with Gasteiger partial charge in [0.05, 0.1) is 26.1 Å². The number of hydrogen-bond donors (Lipinski definition) is 1. The zero-order valence-corrected chi connectivity index (χ0v) is 11.4. The third-order valence-electron chi connectivity index (χ3n) is 2.77. The first-order valence-electron chi connectivity index (χ1n) is 6.01. The number of nitrogens with two attached hydrogens (primary N) is 1. The molecule has 0 aliphatic heterocycles. The van der Waals surface area contributed by atoms with Crippen molar-refractivity contribution >= 4 is 5.78 Å². The number of carbonyl (C=O) groups excluding carboxylic acids is 1. The lowest BCUT2D eigenvalue weighted by Crippen LogP contribution is -2.11. The Morgan fingerprint density at radius 1 is 1.25 bits per heavy atom. The van der Waals surface area contributed by atoms with Crippen LogP contribution in [0.15, 0.2) is 24.4 Å². The molecule has 1 aromatic carbocycles. The zero-order valence-electron chi connectivity index (χ0n) is 11.4. The van der Waals surface area contributed by atoms with Crippen LogP contribution in [0, 0.1) is 0 Å². The molecule has 20 heavy (non-hydrogen) atoms. The third-order valence-corrected chi connectivity index (χ3v) is 2.77. The lowest BCUT2D eigenvalue weighted by Gasteiger charge is -2.07. The van der Waals surface area contributed by atoms with Crippen molar-refractivity contribution in [2.24, 2.45) is 5.73 Å². The summed E-state index contributed by atoms with van der Waals surface area (Å²) in [7, 11) is 3.07. The standard InChI is InChI=1S/C13H16N4O3/c1-19-11-3-9(4-12(5-11)20-2)13(18)8-17-7-10(6-14)15-16-17/h3-5,7H,6,8,14H2,1-2H3. The van der Waals surface area contributed by atoms with Crippen LogP contribution in [-0.2, 0) is 13.1 Å². The summed E-state index contributed by atoms with van der Waals surface area (Å²) in [4.78, 5) is 12.2. The molecule has 0 unspecified atom stereocenters. The fourth-order valence-corrected chi connectivity index (χ4v) is 1.72. The smallest absolute Gasteiger partial charge is 0.184 e. The normalized spacial score (nSPS) is 10.3. The van der Waals surface area contributed by atoms with Crippen molar-refractivity contribution in [3.8, 4) is 11.5 Å². The molecule has 0 spiro atoms. The van der Waals surface area contributed by atoms with Gasteiger partial charge in [0.1, 0.15) is 18.0 Å². The van der Waals surface area contributed by atoms with E-state index in [0.717, 1.165) is 0 Å². The average molecular weight is 276 g/mol. The predicted molar refractivity (Wildman–Crippen MR) is 71.8 cm³/mol. The SMILES string of the molecule is COc1cc(OC)cc(C(=O)Cn2cc(CN)nn2)c1. The maximum atomic E-state index is 12.2. The van der Waals surface area contributed by atoms with Crippen molar-refractivity contribution in [3.05, 3.63) is 35.7 Å². The quantitative estimate of drug-likeness (QED) is 0.778. The minimum absolute atomic E-state index is 0.0866. The molecule has 0 saturated heterocycles. The molecule has 0 fully saturated rings. The molecular formula is C13H16N4O3. The maximum Gasteiger partial charge on any atom is 0.184 e. The van der Waals surface area contributed by atoms with Crippen LogP contribution in [0.2, 0.25) is 0 Å². The van der Waals surface area contributed by atoms with Gasteiger partial charge in [0, 0.05) is 18.2 Å². The van der Waals surface area contributed by atoms with E-state index in [2.05, 4.69) is 10.3 Å². The molecule has 0 amide bonds. The highest BCUT2D eigenvalue weighted by molar-refractivity contribution is 5.96. The number of hydrogen-bond acceptors (Lipinski definition) is 6. The second-order valence-electron chi connectivity index (χ2n) is 4.14. The highest BCUT2D eigenvalue weighted by atomic mass is 16.5. The molecule has 0 saturated carbocycles. The first-order chi connectivity index (χ1) is 9.66. The number of methoxy groups -OCH3 is 2. The molecule has 2 aromatic rings. The van der Waals surface area contributed by atoms with E-state index < -0.39 is 0 Å². The summed E-state index contributed by atoms with van der Waals surface area (Å²) < 4.78 is 11.7. The van der Waals surface area contributed by atoms with E-state index >= 15 is 0 Å². The molecule has 2 rings (SSSR count). The minimum atomic E-state index is -0.115. The maximum absolute atomic E-state index is 12.2. The Morgan fingerprint density at radius 3 is 2.40 bits per heavy atom. The number of benzene rings is 1. The van der Waals surface area contributed by atoms with Gasteiger partial charge in [-0.1, -0.05) is 5.21 Å². The number of carbonyl (C=O) groups is 1. The number of aromatic nitrogens is 3. The van der Waals surface area contributed by atoms with Gasteiger partial charge in [-0.25, -0.2) is 4.68 Å². The molecule has 7 nitrogen and oxygen atoms in total. The van der Waals surface area contributed by atoms with E-state index in [4.69, 9.17) is 15.2 Å². The molecule has 0 bridgehead atoms. The molecule has 1 heterocycles. The highest BCUT2D eigenvalue weighted by Crippen LogP contribution is 2.23. The largest absolute Gasteiger partial charge is 0.497 e. The first kappa shape index (κ1) is 14.0. The van der Waals surface area contributed by atoms with Gasteiger partial charge in [0.15, 0.2) is 5.78 Å². The molecule has 0 aliphatic rings. The fraction of sp³-hybridized carbons (Fsp3) is 0.308. The van der Waals surface area contributed by atoms with E-state index in [9.17, 15) is 4.79 Å². The van der Waals surface area contributed by atoms with Crippen molar-refractivity contribution in [2.45, 2.75) is 13.1 Å². The topological polar surface area (TPSA) is 92.3 Å². The summed E-state index contributed by atoms with van der Waals surface area (Å²) in [6.07, 6.45) is 1.65. The summed E-state index contributed by atoms with van der Waals surface area (Å²) in [5.41, 5.74) is 6.58. The lowest BCUT2D eigenvalue weighted by molar-refractivity contribution is 0.0966. The van der Waals surface area contributed by atoms with E-state index in [1.807, 2.05) is 0 Å². The van der Waals surface area contributed by atoms with E-state index in [0.29, 0.717) is 29.3 Å². The molecule has 1 aromatic heterocycles. The van der Waals surface area contributed by atoms with Crippen molar-refractivity contribution in [1.82, 2.24) is 15.0 Å². The zero-order chi connectivity index (χ0) is 14.5. The Morgan fingerprint density at radius 2 is 1.90 bits per heavy atom. The van der Waals surface area contributed by atoms with Crippen LogP contribution in [0.1, 0.15) is 16.1 Å². The van der Waals surface area contributed by atoms with Crippen molar-refractivity contribution < 1.29 is 14.3 Å². The van der Waals surface area contributed by atoms with Gasteiger partial charge in [-0.05, 0) is 12.1 Å². The Bertz CT molecular complexity index is 587. The summed E-state index contributed by atoms with van der Waals surface area (Å²) >= 11 is 0. The van der Waals surface area contributed by atoms with Gasteiger partial charge >= 0.3 is 0 Å². The number of ketones is 1. The first-order valence-corrected chi connectivity index (χ1v) is 6.01. The van der Waals surface area contributed by atoms with Crippen LogP contribution in [0.25, 0.3) is 0 Å². The van der Waals surface area contributed by atoms with Gasteiger partial charge in [0.25, 0.3) is 0 Å². The summed E-state index contributed by atoms with van der Waals surface area (Å²) in [5.74, 6) is 1.01. The number of ether oxygens (including phenoxy) is 2. The molecule has 0 radical (unpaired) electrons. The van der Waals surface area contributed by atoms with Crippen LogP contribution < -0.4 is 15.2 Å². The van der Waals surface area contributed by atoms with Crippen molar-refractivity contribution in [1.29, 1.82) is 0 Å². The highest BCUT2D eigenvalue weighted by Gasteiger charge is 2.11. The molecule has 2 N–H and O–H groups in total. The van der Waals surface area contributed by atoms with Crippen molar-refractivity contribution in [2.75, 3.05) is 14.2 Å². The van der Waals surface area contributed by atoms with Gasteiger partial charge in [-0.3, -0.25) is 4.79 Å². The minimum Gasteiger partial charge on any atom is -0.497 e. The predicted octanol–water partition coefficient (Wildman–Crippen LogP) is 0.637. The van der Waals surface area contributed by atoms with Crippen molar-refractivity contribution in [3.63, 3.8) is 0 Å². The lowest BCUT2D eigenvalue weighted by atomic mass is 10.1. The number of Topliss-reactive ketones (excluding diaryl/α,β-unsaturated/α-hetero) is 1. The van der Waals surface area contributed by atoms with Crippen LogP contribution in [0.5, 0.6) is 11.5 Å². The third kappa shape index (κ3) is 3.12. The van der Waals surface area contributed by atoms with Gasteiger partial charge in [-0.2, -0.15) is 0 Å². The Labute approximate surface area is 116 Å². The van der Waals surface area contributed by atoms with Crippen LogP contribution in [0.4, 0.5) is 0 Å². The fourth-order valence-electron chi connectivity index (χ4n) is 1.72. The van der Waals surface area contributed by atoms with E-state index in [1.54, 1.807) is 24.4 Å². The molecule has 7 heteroatoms. The van der Waals surface area contributed by atoms with Crippen LogP contribution in [0.3, 0.4) is 0 Å². The number of nitrogens with zero attached hydrogens (tertiary/aromatic N) is 3. The molecule has 0 atom stereocenters. The molecular weight excluding hydrogens is 260 g/mol. The van der Waals surface area contributed by atoms with E-state index in [-0.39, 0.29) is 12.3 Å². The molecule has 0 aliphatic carbocycles. The average Bonchev–Trinajstić information content (AvgIpc) is 2.94. The monoisotopic (exact) mass is 276 g/mol.